The Kier molecular flexibility index (Phi) is 22.5. The number of carbonyl (C=O) groups excluding carboxylic acids is 1. The molecule has 2 rings (SSSR count). The maximum atomic E-state index is 12.9. The third-order valence-corrected chi connectivity index (χ3v) is 23.2. The predicted octanol–water partition coefficient (Wildman–Crippen LogP) is 10.8. The number of carbonyl (C=O) groups is 1. The molecule has 2 aromatic rings. The maximum Gasteiger partial charge on any atom is 0.228 e. The molecule has 0 aromatic carbocycles. The number of ketones is 1. The fraction of sp³-hybridized carbons (Fsp3) is 0.567. The van der Waals surface area contributed by atoms with E-state index in [-0.39, 0.29) is 11.3 Å². The second-order valence-corrected chi connectivity index (χ2v) is 25.0. The molecule has 226 valence electrons. The minimum absolute atomic E-state index is 0.0489. The summed E-state index contributed by atoms with van der Waals surface area (Å²) in [5.41, 5.74) is 0.0489. The van der Waals surface area contributed by atoms with Gasteiger partial charge in [-0.05, 0) is 59.6 Å². The Morgan fingerprint density at radius 2 is 1.32 bits per heavy atom. The van der Waals surface area contributed by atoms with Gasteiger partial charge in [0, 0.05) is 0 Å². The number of hydrogen-bond acceptors (Lipinski definition) is 6. The number of nitrogens with zero attached hydrogens (tertiary/aromatic N) is 2. The molecule has 2 aromatic heterocycles. The van der Waals surface area contributed by atoms with E-state index >= 15 is 0 Å². The molecule has 2 heterocycles. The van der Waals surface area contributed by atoms with Crippen molar-refractivity contribution >= 4 is 63.6 Å². The van der Waals surface area contributed by atoms with E-state index in [1.807, 2.05) is 6.26 Å². The fourth-order valence-electron chi connectivity index (χ4n) is 3.97. The van der Waals surface area contributed by atoms with Gasteiger partial charge in [0.15, 0.2) is 5.78 Å². The van der Waals surface area contributed by atoms with Crippen LogP contribution in [0.2, 0.25) is 13.3 Å². The molecular weight excluding hydrogens is 721 g/mol. The molecule has 0 aliphatic rings. The van der Waals surface area contributed by atoms with Crippen molar-refractivity contribution in [2.75, 3.05) is 19.1 Å². The summed E-state index contributed by atoms with van der Waals surface area (Å²) in [6.45, 7) is 15.5. The van der Waals surface area contributed by atoms with Crippen LogP contribution in [-0.4, -0.2) is 53.2 Å². The predicted molar refractivity (Wildman–Crippen MR) is 175 cm³/mol. The Balaban J connectivity index is 0.000000599. The molecule has 0 unspecified atom stereocenters. The molecule has 0 spiro atoms. The fourth-order valence-corrected chi connectivity index (χ4v) is 19.6. The van der Waals surface area contributed by atoms with Crippen molar-refractivity contribution in [1.82, 2.24) is 9.97 Å². The normalized spacial score (nSPS) is 10.7. The van der Waals surface area contributed by atoms with Crippen LogP contribution in [0.15, 0.2) is 49.1 Å². The molecule has 0 saturated heterocycles. The first-order valence-electron chi connectivity index (χ1n) is 13.9. The van der Waals surface area contributed by atoms with Crippen LogP contribution in [-0.2, 0) is 4.74 Å². The summed E-state index contributed by atoms with van der Waals surface area (Å²) < 4.78 is 37.5. The first kappa shape index (κ1) is 39.3. The molecule has 0 aliphatic carbocycles. The average molecular weight is 768 g/mol. The number of rotatable bonds is 15. The number of thioether (sulfide) groups is 2. The van der Waals surface area contributed by atoms with Crippen LogP contribution in [0, 0.1) is 11.9 Å². The quantitative estimate of drug-likeness (QED) is 0.0591. The minimum Gasteiger partial charge on any atom is -0.294 e. The molecule has 0 atom stereocenters. The topological polar surface area (TPSA) is 52.1 Å². The molecule has 10 heteroatoms. The second-order valence-electron chi connectivity index (χ2n) is 9.32. The van der Waals surface area contributed by atoms with Gasteiger partial charge in [0.1, 0.15) is 0 Å². The van der Waals surface area contributed by atoms with Gasteiger partial charge in [0.05, 0.1) is 20.1 Å². The first-order valence-corrected chi connectivity index (χ1v) is 24.7. The van der Waals surface area contributed by atoms with Crippen molar-refractivity contribution in [2.24, 2.45) is 0 Å². The first-order chi connectivity index (χ1) is 19.0. The summed E-state index contributed by atoms with van der Waals surface area (Å²) in [6, 6.07) is 6.49. The van der Waals surface area contributed by atoms with Gasteiger partial charge in [-0.3, -0.25) is 4.79 Å². The van der Waals surface area contributed by atoms with Crippen molar-refractivity contribution < 1.29 is 18.3 Å². The van der Waals surface area contributed by atoms with Crippen molar-refractivity contribution in [3.8, 4) is 0 Å². The number of halogens is 3. The van der Waals surface area contributed by atoms with E-state index in [1.165, 1.54) is 92.1 Å². The van der Waals surface area contributed by atoms with Crippen LogP contribution < -0.4 is 0 Å². The number of unbranched alkanes of at least 4 members (excludes halogenated alkanes) is 3. The zero-order valence-corrected chi connectivity index (χ0v) is 31.3. The Labute approximate surface area is 262 Å². The molecule has 0 radical (unpaired) electrons. The summed E-state index contributed by atoms with van der Waals surface area (Å²) in [4.78, 5) is 18.0. The van der Waals surface area contributed by atoms with Crippen LogP contribution in [0.4, 0.5) is 8.78 Å². The van der Waals surface area contributed by atoms with Gasteiger partial charge in [-0.2, -0.15) is 8.78 Å². The molecule has 0 fully saturated rings. The van der Waals surface area contributed by atoms with E-state index < -0.39 is 30.3 Å². The van der Waals surface area contributed by atoms with Gasteiger partial charge in [0.25, 0.3) is 0 Å². The summed E-state index contributed by atoms with van der Waals surface area (Å²) in [5.74, 6) is -1.44. The average Bonchev–Trinajstić information content (AvgIpc) is 2.94. The van der Waals surface area contributed by atoms with Crippen LogP contribution in [0.1, 0.15) is 83.5 Å². The third-order valence-electron chi connectivity index (χ3n) is 6.34. The van der Waals surface area contributed by atoms with Crippen molar-refractivity contribution in [3.63, 3.8) is 0 Å². The van der Waals surface area contributed by atoms with Gasteiger partial charge in [-0.15, -0.1) is 23.5 Å². The summed E-state index contributed by atoms with van der Waals surface area (Å²) in [5, 5.41) is 1.28. The second kappa shape index (κ2) is 22.9. The minimum atomic E-state index is -2.24. The van der Waals surface area contributed by atoms with E-state index in [0.29, 0.717) is 14.5 Å². The zero-order valence-electron chi connectivity index (χ0n) is 25.2. The van der Waals surface area contributed by atoms with E-state index in [2.05, 4.69) is 60.2 Å². The molecule has 4 nitrogen and oxygen atoms in total. The third kappa shape index (κ3) is 15.0. The monoisotopic (exact) mass is 768 g/mol. The molecule has 0 bridgehead atoms. The van der Waals surface area contributed by atoms with Crippen LogP contribution in [0.3, 0.4) is 0 Å². The SMILES string of the molecule is C=[C](OCC)[Sn]([CH2]CCC)([CH2]CCC)[CH2]CCC.CSc1ccc(Br)c(F)n1.CSc1ccc(C(C)=O)c(F)n1. The van der Waals surface area contributed by atoms with Crippen molar-refractivity contribution in [3.05, 3.63) is 56.6 Å². The Morgan fingerprint density at radius 3 is 1.68 bits per heavy atom. The number of Topliss-reactive ketones (excluding diaryl/α,β-unsaturated/α-hetero) is 1. The number of pyridine rings is 2. The van der Waals surface area contributed by atoms with Crippen molar-refractivity contribution in [2.45, 2.75) is 96.5 Å². The Hall–Kier alpha value is -0.651. The van der Waals surface area contributed by atoms with Crippen molar-refractivity contribution in [1.29, 1.82) is 0 Å². The van der Waals surface area contributed by atoms with Crippen LogP contribution in [0.25, 0.3) is 0 Å². The standard InChI is InChI=1S/C8H8FNOS.C6H5BrFNS.C4H7O.3C4H9.Sn/c1-5(11)6-3-4-7(12-2)10-8(6)9;1-10-5-3-2-4(7)6(8)9-5;1-3-5-4-2;3*1-3-4-2;/h3-4H,1-2H3;2-3H,1H3;1,4H2,2H3;3*1,3-4H2,2H3;. The molecule has 0 amide bonds. The van der Waals surface area contributed by atoms with Gasteiger partial charge in [-0.25, -0.2) is 9.97 Å². The smallest absolute Gasteiger partial charge is 0.228 e. The van der Waals surface area contributed by atoms with E-state index in [1.54, 1.807) is 24.5 Å². The summed E-state index contributed by atoms with van der Waals surface area (Å²) in [6.07, 6.45) is 11.8. The molecule has 0 saturated carbocycles. The van der Waals surface area contributed by atoms with Gasteiger partial charge in [0.2, 0.25) is 11.9 Å². The molecule has 0 aliphatic heterocycles. The zero-order chi connectivity index (χ0) is 30.6. The van der Waals surface area contributed by atoms with E-state index in [4.69, 9.17) is 4.74 Å². The molecule has 40 heavy (non-hydrogen) atoms. The Morgan fingerprint density at radius 1 is 0.875 bits per heavy atom. The molecular formula is C30H47BrF2N2O2S2Sn. The summed E-state index contributed by atoms with van der Waals surface area (Å²) >= 11 is 3.53. The number of hydrogen-bond donors (Lipinski definition) is 0. The summed E-state index contributed by atoms with van der Waals surface area (Å²) in [7, 11) is 0. The number of ether oxygens (including phenoxy) is 1. The molecule has 0 N–H and O–H groups in total. The van der Waals surface area contributed by atoms with E-state index in [9.17, 15) is 13.6 Å². The van der Waals surface area contributed by atoms with Crippen LogP contribution >= 0.6 is 39.5 Å². The number of aromatic nitrogens is 2. The van der Waals surface area contributed by atoms with Gasteiger partial charge in [-0.1, -0.05) is 0 Å². The van der Waals surface area contributed by atoms with Gasteiger partial charge < -0.3 is 0 Å². The van der Waals surface area contributed by atoms with Gasteiger partial charge >= 0.3 is 120 Å². The van der Waals surface area contributed by atoms with E-state index in [0.717, 1.165) is 6.61 Å². The maximum absolute atomic E-state index is 12.9. The largest absolute Gasteiger partial charge is 0.294 e. The van der Waals surface area contributed by atoms with Crippen LogP contribution in [0.5, 0.6) is 0 Å². The Bertz CT molecular complexity index is 1010.